The van der Waals surface area contributed by atoms with Crippen LogP contribution < -0.4 is 15.4 Å². The van der Waals surface area contributed by atoms with Gasteiger partial charge in [-0.1, -0.05) is 11.6 Å². The summed E-state index contributed by atoms with van der Waals surface area (Å²) in [5.74, 6) is -0.752. The number of rotatable bonds is 3. The molecule has 0 fully saturated rings. The first kappa shape index (κ1) is 24.4. The predicted molar refractivity (Wildman–Crippen MR) is 123 cm³/mol. The standard InChI is InChI=1S/C19H15ClF3N5O4S3/c20-12-3-9-6-24-7-10(9)4-13(12)27-18-25-8-11(19(21,22)23)16(28-18)14-5-15-17(33-14)35(31,32)26-1-2-34(15,29)30/h3-5,8,24,26H,1-2,6-7H2,(H,25,27,28). The van der Waals surface area contributed by atoms with E-state index in [2.05, 4.69) is 25.3 Å². The lowest BCUT2D eigenvalue weighted by Crippen LogP contribution is -2.24. The quantitative estimate of drug-likeness (QED) is 0.441. The Morgan fingerprint density at radius 3 is 2.51 bits per heavy atom. The van der Waals surface area contributed by atoms with Gasteiger partial charge in [0.25, 0.3) is 10.0 Å². The Hall–Kier alpha value is -2.30. The Kier molecular flexibility index (Phi) is 5.84. The van der Waals surface area contributed by atoms with Gasteiger partial charge in [-0.05, 0) is 29.3 Å². The van der Waals surface area contributed by atoms with Crippen molar-refractivity contribution in [3.8, 4) is 10.6 Å². The summed E-state index contributed by atoms with van der Waals surface area (Å²) in [5, 5.41) is 6.27. The number of anilines is 2. The van der Waals surface area contributed by atoms with E-state index in [1.165, 1.54) is 0 Å². The van der Waals surface area contributed by atoms with E-state index in [0.29, 0.717) is 41.3 Å². The van der Waals surface area contributed by atoms with Crippen LogP contribution in [0.2, 0.25) is 5.02 Å². The highest BCUT2D eigenvalue weighted by atomic mass is 35.5. The number of halogens is 4. The van der Waals surface area contributed by atoms with Gasteiger partial charge in [0.2, 0.25) is 5.95 Å². The van der Waals surface area contributed by atoms with Crippen molar-refractivity contribution in [1.82, 2.24) is 20.0 Å². The molecule has 3 N–H and O–H groups in total. The van der Waals surface area contributed by atoms with Crippen LogP contribution in [-0.4, -0.2) is 39.1 Å². The van der Waals surface area contributed by atoms with Gasteiger partial charge in [0.15, 0.2) is 14.0 Å². The highest BCUT2D eigenvalue weighted by Gasteiger charge is 2.39. The first-order valence-electron chi connectivity index (χ1n) is 9.95. The Labute approximate surface area is 206 Å². The van der Waals surface area contributed by atoms with Crippen LogP contribution in [0.25, 0.3) is 10.6 Å². The Balaban J connectivity index is 1.64. The maximum Gasteiger partial charge on any atom is 0.420 e. The van der Waals surface area contributed by atoms with E-state index in [4.69, 9.17) is 11.6 Å². The summed E-state index contributed by atoms with van der Waals surface area (Å²) in [6.45, 7) is 0.895. The molecular formula is C19H15ClF3N5O4S3. The molecule has 0 atom stereocenters. The summed E-state index contributed by atoms with van der Waals surface area (Å²) in [4.78, 5) is 6.90. The Morgan fingerprint density at radius 1 is 1.09 bits per heavy atom. The molecule has 0 bridgehead atoms. The highest BCUT2D eigenvalue weighted by molar-refractivity contribution is 7.95. The van der Waals surface area contributed by atoms with Crippen molar-refractivity contribution >= 4 is 54.4 Å². The van der Waals surface area contributed by atoms with Crippen LogP contribution in [0.5, 0.6) is 0 Å². The van der Waals surface area contributed by atoms with E-state index < -0.39 is 52.2 Å². The van der Waals surface area contributed by atoms with E-state index in [9.17, 15) is 30.0 Å². The van der Waals surface area contributed by atoms with Crippen LogP contribution in [0.1, 0.15) is 16.7 Å². The molecule has 0 aliphatic carbocycles. The number of aromatic nitrogens is 2. The molecule has 0 radical (unpaired) electrons. The molecule has 0 unspecified atom stereocenters. The molecule has 0 amide bonds. The number of hydrogen-bond acceptors (Lipinski definition) is 9. The molecule has 16 heteroatoms. The number of nitrogens with zero attached hydrogens (tertiary/aromatic N) is 2. The van der Waals surface area contributed by atoms with E-state index in [0.717, 1.165) is 17.2 Å². The second kappa shape index (κ2) is 8.38. The van der Waals surface area contributed by atoms with Crippen LogP contribution in [0.3, 0.4) is 0 Å². The molecule has 2 aliphatic rings. The number of nitrogens with one attached hydrogen (secondary N) is 3. The third-order valence-corrected chi connectivity index (χ3v) is 10.8. The van der Waals surface area contributed by atoms with Crippen molar-refractivity contribution in [2.24, 2.45) is 0 Å². The summed E-state index contributed by atoms with van der Waals surface area (Å²) in [6.07, 6.45) is -4.33. The summed E-state index contributed by atoms with van der Waals surface area (Å²) in [6, 6.07) is 4.37. The van der Waals surface area contributed by atoms with Crippen LogP contribution in [0.15, 0.2) is 33.5 Å². The first-order valence-corrected chi connectivity index (χ1v) is 14.3. The van der Waals surface area contributed by atoms with Crippen molar-refractivity contribution in [2.45, 2.75) is 28.4 Å². The first-order chi connectivity index (χ1) is 16.3. The van der Waals surface area contributed by atoms with Crippen LogP contribution >= 0.6 is 22.9 Å². The number of hydrogen-bond donors (Lipinski definition) is 3. The third-order valence-electron chi connectivity index (χ3n) is 5.40. The lowest BCUT2D eigenvalue weighted by molar-refractivity contribution is -0.137. The van der Waals surface area contributed by atoms with Crippen molar-refractivity contribution in [2.75, 3.05) is 17.6 Å². The second-order valence-corrected chi connectivity index (χ2v) is 13.3. The SMILES string of the molecule is O=S1(=O)CCNS(=O)(=O)c2sc(-c3nc(Nc4cc5c(cc4Cl)CNC5)ncc3C(F)(F)F)cc21. The summed E-state index contributed by atoms with van der Waals surface area (Å²) in [7, 11) is -8.28. The summed E-state index contributed by atoms with van der Waals surface area (Å²) < 4.78 is 93.0. The minimum absolute atomic E-state index is 0.228. The van der Waals surface area contributed by atoms with Gasteiger partial charge >= 0.3 is 6.18 Å². The van der Waals surface area contributed by atoms with E-state index in [1.807, 2.05) is 0 Å². The van der Waals surface area contributed by atoms with E-state index in [-0.39, 0.29) is 17.4 Å². The molecule has 3 aromatic rings. The van der Waals surface area contributed by atoms with Gasteiger partial charge in [0.1, 0.15) is 5.56 Å². The van der Waals surface area contributed by atoms with Gasteiger partial charge in [-0.2, -0.15) is 13.2 Å². The van der Waals surface area contributed by atoms with Crippen molar-refractivity contribution in [3.05, 3.63) is 46.1 Å². The highest BCUT2D eigenvalue weighted by Crippen LogP contribution is 2.43. The smallest absolute Gasteiger partial charge is 0.323 e. The molecule has 2 aromatic heterocycles. The van der Waals surface area contributed by atoms with Gasteiger partial charge in [-0.3, -0.25) is 0 Å². The third kappa shape index (κ3) is 4.51. The Morgan fingerprint density at radius 2 is 1.80 bits per heavy atom. The fourth-order valence-electron chi connectivity index (χ4n) is 3.74. The number of sulfone groups is 1. The zero-order valence-electron chi connectivity index (χ0n) is 17.4. The molecule has 4 heterocycles. The van der Waals surface area contributed by atoms with Gasteiger partial charge in [-0.15, -0.1) is 11.3 Å². The molecule has 186 valence electrons. The lowest BCUT2D eigenvalue weighted by Gasteiger charge is -2.14. The van der Waals surface area contributed by atoms with Gasteiger partial charge in [0, 0.05) is 25.8 Å². The minimum atomic E-state index is -4.89. The molecule has 2 aliphatic heterocycles. The topological polar surface area (TPSA) is 130 Å². The van der Waals surface area contributed by atoms with Crippen LogP contribution in [0, 0.1) is 0 Å². The van der Waals surface area contributed by atoms with Gasteiger partial charge in [-0.25, -0.2) is 31.5 Å². The van der Waals surface area contributed by atoms with Crippen molar-refractivity contribution in [3.63, 3.8) is 0 Å². The largest absolute Gasteiger partial charge is 0.420 e. The second-order valence-electron chi connectivity index (χ2n) is 7.76. The zero-order chi connectivity index (χ0) is 25.2. The number of benzene rings is 1. The predicted octanol–water partition coefficient (Wildman–Crippen LogP) is 3.29. The zero-order valence-corrected chi connectivity index (χ0v) is 20.6. The lowest BCUT2D eigenvalue weighted by atomic mass is 10.1. The molecule has 0 saturated carbocycles. The number of alkyl halides is 3. The van der Waals surface area contributed by atoms with Crippen molar-refractivity contribution in [1.29, 1.82) is 0 Å². The average molecular weight is 566 g/mol. The monoisotopic (exact) mass is 565 g/mol. The van der Waals surface area contributed by atoms with Gasteiger partial charge in [0.05, 0.1) is 31.9 Å². The summed E-state index contributed by atoms with van der Waals surface area (Å²) in [5.41, 5.74) is 0.416. The summed E-state index contributed by atoms with van der Waals surface area (Å²) >= 11 is 6.69. The average Bonchev–Trinajstić information content (AvgIpc) is 3.39. The maximum atomic E-state index is 13.8. The molecule has 9 nitrogen and oxygen atoms in total. The molecule has 0 saturated heterocycles. The number of sulfonamides is 1. The normalized spacial score (nSPS) is 18.5. The van der Waals surface area contributed by atoms with E-state index >= 15 is 0 Å². The fraction of sp³-hybridized carbons (Fsp3) is 0.263. The number of fused-ring (bicyclic) bond motifs is 2. The van der Waals surface area contributed by atoms with E-state index in [1.54, 1.807) is 12.1 Å². The van der Waals surface area contributed by atoms with Crippen molar-refractivity contribution < 1.29 is 30.0 Å². The van der Waals surface area contributed by atoms with Gasteiger partial charge < -0.3 is 10.6 Å². The Bertz CT molecular complexity index is 1520. The molecule has 0 spiro atoms. The fourth-order valence-corrected chi connectivity index (χ4v) is 9.03. The molecule has 5 rings (SSSR count). The van der Waals surface area contributed by atoms with Crippen LogP contribution in [-0.2, 0) is 39.1 Å². The molecular weight excluding hydrogens is 551 g/mol. The molecule has 35 heavy (non-hydrogen) atoms. The van der Waals surface area contributed by atoms with Crippen LogP contribution in [0.4, 0.5) is 24.8 Å². The minimum Gasteiger partial charge on any atom is -0.323 e. The molecule has 1 aromatic carbocycles. The maximum absolute atomic E-state index is 13.8. The number of thiophene rings is 1.